The lowest BCUT2D eigenvalue weighted by Gasteiger charge is -2.41. The quantitative estimate of drug-likeness (QED) is 0.121. The molecule has 1 saturated carbocycles. The molecule has 5 amide bonds. The molecule has 0 radical (unpaired) electrons. The van der Waals surface area contributed by atoms with E-state index in [0.717, 1.165) is 11.1 Å². The number of methoxy groups -OCH3 is 2. The number of benzene rings is 2. The zero-order valence-electron chi connectivity index (χ0n) is 42.5. The van der Waals surface area contributed by atoms with E-state index >= 15 is 0 Å². The Morgan fingerprint density at radius 2 is 1.45 bits per heavy atom. The van der Waals surface area contributed by atoms with Gasteiger partial charge >= 0.3 is 12.1 Å². The Morgan fingerprint density at radius 1 is 0.836 bits per heavy atom. The highest BCUT2D eigenvalue weighted by molar-refractivity contribution is 5.94. The molecule has 2 aliphatic rings. The molecule has 0 aromatic heterocycles. The Morgan fingerprint density at radius 3 is 1.99 bits per heavy atom. The largest absolute Gasteiger partial charge is 0.459 e. The second-order valence-electron chi connectivity index (χ2n) is 20.3. The first-order valence-corrected chi connectivity index (χ1v) is 24.0. The minimum Gasteiger partial charge on any atom is -0.459 e. The van der Waals surface area contributed by atoms with Crippen LogP contribution in [0.25, 0.3) is 0 Å². The van der Waals surface area contributed by atoms with Gasteiger partial charge in [-0.2, -0.15) is 0 Å². The fourth-order valence-corrected chi connectivity index (χ4v) is 9.60. The molecule has 0 spiro atoms. The average Bonchev–Trinajstić information content (AvgIpc) is 3.81. The van der Waals surface area contributed by atoms with E-state index in [9.17, 15) is 28.8 Å². The van der Waals surface area contributed by atoms with Crippen LogP contribution in [-0.4, -0.2) is 133 Å². The van der Waals surface area contributed by atoms with Crippen molar-refractivity contribution in [2.24, 2.45) is 23.7 Å². The smallest absolute Gasteiger partial charge is 0.410 e. The lowest BCUT2D eigenvalue weighted by Crippen LogP contribution is -2.60. The van der Waals surface area contributed by atoms with Gasteiger partial charge in [0.05, 0.1) is 36.6 Å². The number of nitrogens with one attached hydrogen (secondary N) is 2. The summed E-state index contributed by atoms with van der Waals surface area (Å²) in [5.41, 5.74) is -0.263. The summed E-state index contributed by atoms with van der Waals surface area (Å²) >= 11 is 0. The standard InChI is InChI=1S/C52H79N5O10/c1-15-34(6)44(55(11)48(61)42(32(2)3)53-47(60)43(33(4)5)56(12)50(63)67-51(8,9)10)40(64-13)29-41(58)57-28-22-27-39(57)45(65-14)35(7)46(59)54-52(30-38(52)37-25-20-17-21-26-37)49(62)66-31-36-23-18-16-19-24-36/h16-21,23-26,32-35,38-40,42-45H,15,22,27-31H2,1-14H3,(H,53,60)(H,54,59)/t34-,35+,38+,39-,40+,42-,43-,44-,45+,52-/m0/s1. The van der Waals surface area contributed by atoms with E-state index in [2.05, 4.69) is 10.6 Å². The third kappa shape index (κ3) is 13.6. The zero-order valence-corrected chi connectivity index (χ0v) is 42.5. The van der Waals surface area contributed by atoms with Gasteiger partial charge in [0.15, 0.2) is 0 Å². The molecule has 15 nitrogen and oxygen atoms in total. The molecule has 4 rings (SSSR count). The number of amides is 5. The van der Waals surface area contributed by atoms with E-state index in [1.54, 1.807) is 44.5 Å². The first kappa shape index (κ1) is 54.6. The minimum atomic E-state index is -1.25. The molecule has 1 aliphatic heterocycles. The topological polar surface area (TPSA) is 173 Å². The highest BCUT2D eigenvalue weighted by Gasteiger charge is 2.63. The highest BCUT2D eigenvalue weighted by Crippen LogP contribution is 2.52. The van der Waals surface area contributed by atoms with Crippen LogP contribution in [0.5, 0.6) is 0 Å². The van der Waals surface area contributed by atoms with Crippen LogP contribution < -0.4 is 10.6 Å². The lowest BCUT2D eigenvalue weighted by atomic mass is 9.89. The number of carbonyl (C=O) groups excluding carboxylic acids is 6. The fourth-order valence-electron chi connectivity index (χ4n) is 9.60. The van der Waals surface area contributed by atoms with Gasteiger partial charge in [-0.05, 0) is 68.9 Å². The summed E-state index contributed by atoms with van der Waals surface area (Å²) in [6.07, 6.45) is 0.213. The van der Waals surface area contributed by atoms with Crippen LogP contribution in [0, 0.1) is 23.7 Å². The Kier molecular flexibility index (Phi) is 19.4. The van der Waals surface area contributed by atoms with Gasteiger partial charge in [0.2, 0.25) is 23.6 Å². The predicted octanol–water partition coefficient (Wildman–Crippen LogP) is 6.72. The Bertz CT molecular complexity index is 1980. The van der Waals surface area contributed by atoms with Crippen molar-refractivity contribution in [1.29, 1.82) is 0 Å². The number of nitrogens with zero attached hydrogens (tertiary/aromatic N) is 3. The maximum atomic E-state index is 14.6. The summed E-state index contributed by atoms with van der Waals surface area (Å²) in [5.74, 6) is -3.69. The second kappa shape index (κ2) is 23.8. The first-order valence-electron chi connectivity index (χ1n) is 24.0. The van der Waals surface area contributed by atoms with E-state index in [4.69, 9.17) is 18.9 Å². The summed E-state index contributed by atoms with van der Waals surface area (Å²) in [6, 6.07) is 16.1. The Balaban J connectivity index is 1.51. The first-order chi connectivity index (χ1) is 31.5. The van der Waals surface area contributed by atoms with Gasteiger partial charge in [0.25, 0.3) is 0 Å². The minimum absolute atomic E-state index is 0.0550. The number of hydrogen-bond acceptors (Lipinski definition) is 10. The molecule has 2 aromatic carbocycles. The molecule has 1 saturated heterocycles. The second-order valence-corrected chi connectivity index (χ2v) is 20.3. The average molecular weight is 934 g/mol. The number of hydrogen-bond donors (Lipinski definition) is 2. The van der Waals surface area contributed by atoms with E-state index in [-0.39, 0.29) is 54.4 Å². The van der Waals surface area contributed by atoms with Gasteiger partial charge in [0.1, 0.15) is 29.8 Å². The zero-order chi connectivity index (χ0) is 50.0. The van der Waals surface area contributed by atoms with E-state index in [1.165, 1.54) is 26.2 Å². The molecule has 0 unspecified atom stereocenters. The highest BCUT2D eigenvalue weighted by atomic mass is 16.6. The van der Waals surface area contributed by atoms with Crippen LogP contribution in [0.15, 0.2) is 60.7 Å². The van der Waals surface area contributed by atoms with Gasteiger partial charge in [-0.3, -0.25) is 24.1 Å². The molecular weight excluding hydrogens is 855 g/mol. The summed E-state index contributed by atoms with van der Waals surface area (Å²) in [5, 5.41) is 6.04. The molecule has 2 aromatic rings. The summed E-state index contributed by atoms with van der Waals surface area (Å²) in [4.78, 5) is 88.9. The molecule has 2 N–H and O–H groups in total. The molecule has 15 heteroatoms. The van der Waals surface area contributed by atoms with Gasteiger partial charge in [0, 0.05) is 40.8 Å². The molecule has 1 aliphatic carbocycles. The van der Waals surface area contributed by atoms with Gasteiger partial charge in [-0.15, -0.1) is 0 Å². The number of esters is 1. The van der Waals surface area contributed by atoms with Crippen LogP contribution in [-0.2, 0) is 49.5 Å². The lowest BCUT2D eigenvalue weighted by molar-refractivity contribution is -0.152. The molecular formula is C52H79N5O10. The summed E-state index contributed by atoms with van der Waals surface area (Å²) < 4.78 is 23.5. The molecule has 372 valence electrons. The van der Waals surface area contributed by atoms with E-state index in [1.807, 2.05) is 102 Å². The maximum absolute atomic E-state index is 14.6. The molecule has 0 bridgehead atoms. The third-order valence-corrected chi connectivity index (χ3v) is 13.6. The van der Waals surface area contributed by atoms with Crippen molar-refractivity contribution in [2.75, 3.05) is 34.9 Å². The third-order valence-electron chi connectivity index (χ3n) is 13.6. The molecule has 1 heterocycles. The number of likely N-dealkylation sites (N-methyl/N-ethyl adjacent to an activating group) is 2. The van der Waals surface area contributed by atoms with Crippen molar-refractivity contribution in [3.63, 3.8) is 0 Å². The Hall–Kier alpha value is -5.02. The van der Waals surface area contributed by atoms with Crippen LogP contribution >= 0.6 is 0 Å². The van der Waals surface area contributed by atoms with E-state index < -0.39 is 71.4 Å². The maximum Gasteiger partial charge on any atom is 0.410 e. The number of rotatable bonds is 22. The number of carbonyl (C=O) groups is 6. The van der Waals surface area contributed by atoms with Crippen molar-refractivity contribution < 1.29 is 47.7 Å². The molecule has 2 fully saturated rings. The van der Waals surface area contributed by atoms with Gasteiger partial charge < -0.3 is 39.4 Å². The summed E-state index contributed by atoms with van der Waals surface area (Å²) in [7, 11) is 6.25. The van der Waals surface area contributed by atoms with Crippen molar-refractivity contribution in [1.82, 2.24) is 25.3 Å². The number of likely N-dealkylation sites (tertiary alicyclic amines) is 1. The van der Waals surface area contributed by atoms with Gasteiger partial charge in [-0.25, -0.2) is 9.59 Å². The Labute approximate surface area is 399 Å². The fraction of sp³-hybridized carbons (Fsp3) is 0.654. The van der Waals surface area contributed by atoms with Crippen LogP contribution in [0.1, 0.15) is 118 Å². The van der Waals surface area contributed by atoms with Crippen molar-refractivity contribution in [3.8, 4) is 0 Å². The predicted molar refractivity (Wildman–Crippen MR) is 256 cm³/mol. The summed E-state index contributed by atoms with van der Waals surface area (Å²) in [6.45, 7) is 18.9. The van der Waals surface area contributed by atoms with Crippen LogP contribution in [0.3, 0.4) is 0 Å². The monoisotopic (exact) mass is 934 g/mol. The van der Waals surface area contributed by atoms with Crippen molar-refractivity contribution >= 4 is 35.7 Å². The van der Waals surface area contributed by atoms with Crippen LogP contribution in [0.4, 0.5) is 4.79 Å². The number of ether oxygens (including phenoxy) is 4. The van der Waals surface area contributed by atoms with Crippen LogP contribution in [0.2, 0.25) is 0 Å². The van der Waals surface area contributed by atoms with Gasteiger partial charge in [-0.1, -0.05) is 116 Å². The van der Waals surface area contributed by atoms with Crippen molar-refractivity contribution in [2.45, 2.75) is 161 Å². The van der Waals surface area contributed by atoms with Crippen molar-refractivity contribution in [3.05, 3.63) is 71.8 Å². The molecule has 67 heavy (non-hydrogen) atoms. The molecule has 10 atom stereocenters. The van der Waals surface area contributed by atoms with E-state index in [0.29, 0.717) is 32.2 Å². The SMILES string of the molecule is CC[C@H](C)[C@@H]([C@@H](CC(=O)N1CCC[C@H]1[C@H](OC)[C@@H](C)C(=O)N[C@@]1(C(=O)OCc2ccccc2)C[C@@H]1c1ccccc1)OC)N(C)C(=O)[C@@H](NC(=O)[C@H](C(C)C)N(C)C(=O)OC(C)(C)C)C(C)C. The normalized spacial score (nSPS) is 21.3.